The monoisotopic (exact) mass is 357 g/mol. The SMILES string of the molecule is NNC(Cc1ccc(Br)s1)C1(N2CCCC2)CCCC1. The Bertz CT molecular complexity index is 436. The van der Waals surface area contributed by atoms with Crippen LogP contribution in [0.5, 0.6) is 0 Å². The van der Waals surface area contributed by atoms with Gasteiger partial charge in [0.25, 0.3) is 0 Å². The normalized spacial score (nSPS) is 24.3. The molecule has 0 amide bonds. The fourth-order valence-corrected chi connectivity index (χ4v) is 5.63. The summed E-state index contributed by atoms with van der Waals surface area (Å²) in [4.78, 5) is 4.15. The number of nitrogens with zero attached hydrogens (tertiary/aromatic N) is 1. The molecule has 1 atom stereocenters. The third kappa shape index (κ3) is 2.83. The highest BCUT2D eigenvalue weighted by Crippen LogP contribution is 2.41. The largest absolute Gasteiger partial charge is 0.296 e. The predicted octanol–water partition coefficient (Wildman–Crippen LogP) is 3.29. The van der Waals surface area contributed by atoms with Crippen LogP contribution in [-0.2, 0) is 6.42 Å². The molecule has 1 aliphatic heterocycles. The van der Waals surface area contributed by atoms with Gasteiger partial charge in [-0.2, -0.15) is 0 Å². The van der Waals surface area contributed by atoms with Crippen molar-refractivity contribution in [3.8, 4) is 0 Å². The zero-order valence-corrected chi connectivity index (χ0v) is 14.3. The molecular formula is C15H24BrN3S. The molecular weight excluding hydrogens is 334 g/mol. The third-order valence-corrected chi connectivity index (χ3v) is 6.74. The Kier molecular flexibility index (Phi) is 4.82. The first-order chi connectivity index (χ1) is 9.74. The van der Waals surface area contributed by atoms with Crippen molar-refractivity contribution >= 4 is 27.3 Å². The van der Waals surface area contributed by atoms with Gasteiger partial charge in [0.05, 0.1) is 3.79 Å². The van der Waals surface area contributed by atoms with Gasteiger partial charge in [-0.3, -0.25) is 16.2 Å². The van der Waals surface area contributed by atoms with Crippen LogP contribution in [-0.4, -0.2) is 29.6 Å². The number of halogens is 1. The van der Waals surface area contributed by atoms with Crippen LogP contribution in [0.15, 0.2) is 15.9 Å². The van der Waals surface area contributed by atoms with E-state index in [1.54, 1.807) is 0 Å². The molecule has 1 aromatic rings. The average molecular weight is 358 g/mol. The number of nitrogens with one attached hydrogen (secondary N) is 1. The number of hydrogen-bond acceptors (Lipinski definition) is 4. The zero-order chi connectivity index (χ0) is 14.0. The second-order valence-corrected chi connectivity index (χ2v) is 8.68. The van der Waals surface area contributed by atoms with Gasteiger partial charge in [0, 0.05) is 22.9 Å². The maximum absolute atomic E-state index is 5.98. The van der Waals surface area contributed by atoms with Crippen molar-refractivity contribution in [2.75, 3.05) is 13.1 Å². The van der Waals surface area contributed by atoms with Gasteiger partial charge < -0.3 is 0 Å². The fraction of sp³-hybridized carbons (Fsp3) is 0.733. The number of thiophene rings is 1. The topological polar surface area (TPSA) is 41.3 Å². The van der Waals surface area contributed by atoms with Crippen molar-refractivity contribution in [3.63, 3.8) is 0 Å². The minimum Gasteiger partial charge on any atom is -0.296 e. The second kappa shape index (κ2) is 6.44. The Labute approximate surface area is 134 Å². The first-order valence-electron chi connectivity index (χ1n) is 7.70. The molecule has 2 aliphatic rings. The summed E-state index contributed by atoms with van der Waals surface area (Å²) in [6.07, 6.45) is 9.05. The molecule has 1 unspecified atom stereocenters. The quantitative estimate of drug-likeness (QED) is 0.627. The molecule has 1 saturated heterocycles. The Hall–Kier alpha value is 0.0600. The van der Waals surface area contributed by atoms with Crippen LogP contribution < -0.4 is 11.3 Å². The molecule has 112 valence electrons. The molecule has 0 radical (unpaired) electrons. The minimum absolute atomic E-state index is 0.293. The number of likely N-dealkylation sites (tertiary alicyclic amines) is 1. The van der Waals surface area contributed by atoms with E-state index in [9.17, 15) is 0 Å². The summed E-state index contributed by atoms with van der Waals surface area (Å²) in [6.45, 7) is 2.51. The molecule has 2 heterocycles. The van der Waals surface area contributed by atoms with Crippen molar-refractivity contribution in [1.29, 1.82) is 0 Å². The molecule has 3 rings (SSSR count). The number of hydrazine groups is 1. The Morgan fingerprint density at radius 1 is 1.25 bits per heavy atom. The van der Waals surface area contributed by atoms with Crippen LogP contribution in [0.1, 0.15) is 43.4 Å². The molecule has 1 aliphatic carbocycles. The molecule has 1 aromatic heterocycles. The number of rotatable bonds is 5. The second-order valence-electron chi connectivity index (χ2n) is 6.13. The first-order valence-corrected chi connectivity index (χ1v) is 9.31. The summed E-state index contributed by atoms with van der Waals surface area (Å²) < 4.78 is 1.21. The van der Waals surface area contributed by atoms with Crippen molar-refractivity contribution in [1.82, 2.24) is 10.3 Å². The summed E-state index contributed by atoms with van der Waals surface area (Å²) in [6, 6.07) is 4.74. The average Bonchev–Trinajstić information content (AvgIpc) is 3.17. The van der Waals surface area contributed by atoms with Crippen LogP contribution in [0, 0.1) is 0 Å². The van der Waals surface area contributed by atoms with Gasteiger partial charge >= 0.3 is 0 Å². The van der Waals surface area contributed by atoms with E-state index in [0.29, 0.717) is 11.6 Å². The summed E-state index contributed by atoms with van der Waals surface area (Å²) in [5.41, 5.74) is 3.46. The Morgan fingerprint density at radius 2 is 1.95 bits per heavy atom. The highest BCUT2D eigenvalue weighted by atomic mass is 79.9. The van der Waals surface area contributed by atoms with Crippen molar-refractivity contribution in [3.05, 3.63) is 20.8 Å². The van der Waals surface area contributed by atoms with Crippen LogP contribution in [0.3, 0.4) is 0 Å². The molecule has 0 spiro atoms. The third-order valence-electron chi connectivity index (χ3n) is 5.09. The minimum atomic E-state index is 0.293. The molecule has 2 fully saturated rings. The lowest BCUT2D eigenvalue weighted by Crippen LogP contribution is -2.61. The van der Waals surface area contributed by atoms with Gasteiger partial charge in [-0.05, 0) is 66.8 Å². The lowest BCUT2D eigenvalue weighted by atomic mass is 9.84. The molecule has 0 bridgehead atoms. The van der Waals surface area contributed by atoms with Crippen molar-refractivity contribution in [2.24, 2.45) is 5.84 Å². The highest BCUT2D eigenvalue weighted by molar-refractivity contribution is 9.11. The van der Waals surface area contributed by atoms with Gasteiger partial charge in [-0.1, -0.05) is 12.8 Å². The van der Waals surface area contributed by atoms with Crippen LogP contribution in [0.4, 0.5) is 0 Å². The fourth-order valence-electron chi connectivity index (χ4n) is 4.10. The predicted molar refractivity (Wildman–Crippen MR) is 88.8 cm³/mol. The molecule has 3 nitrogen and oxygen atoms in total. The van der Waals surface area contributed by atoms with Crippen molar-refractivity contribution < 1.29 is 0 Å². The first kappa shape index (κ1) is 15.0. The smallest absolute Gasteiger partial charge is 0.0701 e. The van der Waals surface area contributed by atoms with Gasteiger partial charge in [-0.15, -0.1) is 11.3 Å². The Balaban J connectivity index is 1.80. The maximum Gasteiger partial charge on any atom is 0.0701 e. The van der Waals surface area contributed by atoms with Gasteiger partial charge in [-0.25, -0.2) is 0 Å². The summed E-state index contributed by atoms with van der Waals surface area (Å²) in [7, 11) is 0. The molecule has 1 saturated carbocycles. The van der Waals surface area contributed by atoms with Crippen molar-refractivity contribution in [2.45, 2.75) is 56.5 Å². The van der Waals surface area contributed by atoms with E-state index in [-0.39, 0.29) is 0 Å². The van der Waals surface area contributed by atoms with E-state index in [4.69, 9.17) is 5.84 Å². The van der Waals surface area contributed by atoms with Crippen LogP contribution in [0.25, 0.3) is 0 Å². The standard InChI is InChI=1S/C15H24BrN3S/c16-14-6-5-12(20-14)11-13(18-17)15(7-1-2-8-15)19-9-3-4-10-19/h5-6,13,18H,1-4,7-11,17H2. The molecule has 3 N–H and O–H groups in total. The molecule has 0 aromatic carbocycles. The summed E-state index contributed by atoms with van der Waals surface area (Å²) in [5, 5.41) is 0. The number of nitrogens with two attached hydrogens (primary N) is 1. The molecule has 20 heavy (non-hydrogen) atoms. The maximum atomic E-state index is 5.98. The van der Waals surface area contributed by atoms with Crippen LogP contribution in [0.2, 0.25) is 0 Å². The van der Waals surface area contributed by atoms with E-state index >= 15 is 0 Å². The van der Waals surface area contributed by atoms with Gasteiger partial charge in [0.1, 0.15) is 0 Å². The lowest BCUT2D eigenvalue weighted by molar-refractivity contribution is 0.0769. The van der Waals surface area contributed by atoms with Gasteiger partial charge in [0.15, 0.2) is 0 Å². The lowest BCUT2D eigenvalue weighted by Gasteiger charge is -2.44. The van der Waals surface area contributed by atoms with E-state index in [1.165, 1.54) is 60.3 Å². The van der Waals surface area contributed by atoms with E-state index < -0.39 is 0 Å². The molecule has 5 heteroatoms. The zero-order valence-electron chi connectivity index (χ0n) is 11.9. The highest BCUT2D eigenvalue weighted by Gasteiger charge is 2.46. The Morgan fingerprint density at radius 3 is 2.50 bits per heavy atom. The van der Waals surface area contributed by atoms with E-state index in [0.717, 1.165) is 6.42 Å². The van der Waals surface area contributed by atoms with E-state index in [1.807, 2.05) is 11.3 Å². The van der Waals surface area contributed by atoms with Crippen LogP contribution >= 0.6 is 27.3 Å². The summed E-state index contributed by atoms with van der Waals surface area (Å²) in [5.74, 6) is 5.98. The van der Waals surface area contributed by atoms with Gasteiger partial charge in [0.2, 0.25) is 0 Å². The summed E-state index contributed by atoms with van der Waals surface area (Å²) >= 11 is 5.40. The number of hydrogen-bond donors (Lipinski definition) is 2. The van der Waals surface area contributed by atoms with E-state index in [2.05, 4.69) is 38.4 Å².